The van der Waals surface area contributed by atoms with Gasteiger partial charge in [-0.05, 0) is 30.3 Å². The van der Waals surface area contributed by atoms with E-state index in [9.17, 15) is 4.79 Å². The summed E-state index contributed by atoms with van der Waals surface area (Å²) in [6.07, 6.45) is 3.36. The van der Waals surface area contributed by atoms with Crippen LogP contribution in [0.4, 0.5) is 5.69 Å². The number of anilines is 1. The summed E-state index contributed by atoms with van der Waals surface area (Å²) in [5.74, 6) is 0.472. The van der Waals surface area contributed by atoms with Crippen LogP contribution in [0, 0.1) is 0 Å². The first-order valence-electron chi connectivity index (χ1n) is 6.80. The quantitative estimate of drug-likeness (QED) is 0.775. The average molecular weight is 293 g/mol. The van der Waals surface area contributed by atoms with Crippen molar-refractivity contribution in [1.29, 1.82) is 0 Å². The number of nitrogens with one attached hydrogen (secondary N) is 2. The predicted molar refractivity (Wildman–Crippen MR) is 85.0 cm³/mol. The average Bonchev–Trinajstić information content (AvgIpc) is 3.10. The van der Waals surface area contributed by atoms with Crippen LogP contribution in [-0.4, -0.2) is 23.0 Å². The lowest BCUT2D eigenvalue weighted by Crippen LogP contribution is -2.11. The Morgan fingerprint density at radius 3 is 2.82 bits per heavy atom. The molecule has 1 aromatic heterocycles. The van der Waals surface area contributed by atoms with E-state index in [1.807, 2.05) is 24.3 Å². The van der Waals surface area contributed by atoms with Crippen LogP contribution in [0.3, 0.4) is 0 Å². The van der Waals surface area contributed by atoms with E-state index in [1.165, 1.54) is 0 Å². The molecule has 5 nitrogen and oxygen atoms in total. The number of aromatic amines is 1. The number of carbonyl (C=O) groups is 1. The van der Waals surface area contributed by atoms with E-state index in [2.05, 4.69) is 15.3 Å². The number of H-pyrrole nitrogens is 1. The number of rotatable bonds is 4. The van der Waals surface area contributed by atoms with Gasteiger partial charge in [-0.3, -0.25) is 4.79 Å². The Hall–Kier alpha value is -3.08. The zero-order valence-corrected chi connectivity index (χ0v) is 12.0. The SMILES string of the molecule is COc1cccc(C(=O)Nc2cccc(-c3cnc[nH]3)c2)c1. The summed E-state index contributed by atoms with van der Waals surface area (Å²) in [7, 11) is 1.57. The Morgan fingerprint density at radius 1 is 1.18 bits per heavy atom. The van der Waals surface area contributed by atoms with E-state index < -0.39 is 0 Å². The first-order valence-corrected chi connectivity index (χ1v) is 6.80. The molecule has 0 saturated carbocycles. The van der Waals surface area contributed by atoms with Crippen molar-refractivity contribution in [1.82, 2.24) is 9.97 Å². The number of methoxy groups -OCH3 is 1. The van der Waals surface area contributed by atoms with Crippen molar-refractivity contribution in [2.75, 3.05) is 12.4 Å². The van der Waals surface area contributed by atoms with Crippen LogP contribution in [0.25, 0.3) is 11.3 Å². The number of amides is 1. The van der Waals surface area contributed by atoms with E-state index in [4.69, 9.17) is 4.74 Å². The minimum atomic E-state index is -0.180. The van der Waals surface area contributed by atoms with E-state index in [1.54, 1.807) is 43.9 Å². The van der Waals surface area contributed by atoms with Crippen LogP contribution in [0.5, 0.6) is 5.75 Å². The molecule has 0 saturated heterocycles. The summed E-state index contributed by atoms with van der Waals surface area (Å²) in [6.45, 7) is 0. The van der Waals surface area contributed by atoms with Crippen LogP contribution in [0.1, 0.15) is 10.4 Å². The van der Waals surface area contributed by atoms with Crippen LogP contribution in [-0.2, 0) is 0 Å². The monoisotopic (exact) mass is 293 g/mol. The van der Waals surface area contributed by atoms with Gasteiger partial charge in [0.15, 0.2) is 0 Å². The number of benzene rings is 2. The standard InChI is InChI=1S/C17H15N3O2/c1-22-15-7-3-5-13(9-15)17(21)20-14-6-2-4-12(8-14)16-10-18-11-19-16/h2-11H,1H3,(H,18,19)(H,20,21). The molecule has 1 amide bonds. The lowest BCUT2D eigenvalue weighted by Gasteiger charge is -2.08. The van der Waals surface area contributed by atoms with Crippen molar-refractivity contribution in [3.8, 4) is 17.0 Å². The second kappa shape index (κ2) is 6.13. The number of ether oxygens (including phenoxy) is 1. The Balaban J connectivity index is 1.80. The van der Waals surface area contributed by atoms with Crippen molar-refractivity contribution in [3.05, 3.63) is 66.6 Å². The fourth-order valence-electron chi connectivity index (χ4n) is 2.15. The van der Waals surface area contributed by atoms with Gasteiger partial charge in [-0.25, -0.2) is 4.98 Å². The van der Waals surface area contributed by atoms with Crippen LogP contribution >= 0.6 is 0 Å². The van der Waals surface area contributed by atoms with Crippen molar-refractivity contribution in [3.63, 3.8) is 0 Å². The molecular formula is C17H15N3O2. The van der Waals surface area contributed by atoms with E-state index in [0.717, 1.165) is 16.9 Å². The third-order valence-corrected chi connectivity index (χ3v) is 3.26. The minimum Gasteiger partial charge on any atom is -0.497 e. The number of hydrogen-bond acceptors (Lipinski definition) is 3. The molecule has 0 bridgehead atoms. The van der Waals surface area contributed by atoms with Gasteiger partial charge in [0.1, 0.15) is 5.75 Å². The smallest absolute Gasteiger partial charge is 0.255 e. The summed E-state index contributed by atoms with van der Waals surface area (Å²) in [5.41, 5.74) is 3.13. The van der Waals surface area contributed by atoms with Gasteiger partial charge in [0.2, 0.25) is 0 Å². The predicted octanol–water partition coefficient (Wildman–Crippen LogP) is 3.34. The summed E-state index contributed by atoms with van der Waals surface area (Å²) in [6, 6.07) is 14.6. The van der Waals surface area contributed by atoms with E-state index in [-0.39, 0.29) is 5.91 Å². The maximum atomic E-state index is 12.3. The third kappa shape index (κ3) is 2.98. The molecule has 2 aromatic carbocycles. The van der Waals surface area contributed by atoms with Crippen molar-refractivity contribution < 1.29 is 9.53 Å². The molecule has 0 aliphatic heterocycles. The lowest BCUT2D eigenvalue weighted by atomic mass is 10.1. The molecule has 0 aliphatic rings. The Bertz CT molecular complexity index is 782. The van der Waals surface area contributed by atoms with E-state index in [0.29, 0.717) is 11.3 Å². The van der Waals surface area contributed by atoms with Crippen LogP contribution in [0.15, 0.2) is 61.1 Å². The second-order valence-corrected chi connectivity index (χ2v) is 4.73. The zero-order chi connectivity index (χ0) is 15.4. The number of hydrogen-bond donors (Lipinski definition) is 2. The molecule has 110 valence electrons. The molecule has 3 rings (SSSR count). The normalized spacial score (nSPS) is 10.2. The molecule has 0 unspecified atom stereocenters. The zero-order valence-electron chi connectivity index (χ0n) is 12.0. The lowest BCUT2D eigenvalue weighted by molar-refractivity contribution is 0.102. The van der Waals surface area contributed by atoms with Gasteiger partial charge in [0.05, 0.1) is 25.3 Å². The molecule has 2 N–H and O–H groups in total. The number of nitrogens with zero attached hydrogens (tertiary/aromatic N) is 1. The van der Waals surface area contributed by atoms with Crippen LogP contribution < -0.4 is 10.1 Å². The molecule has 3 aromatic rings. The van der Waals surface area contributed by atoms with Crippen molar-refractivity contribution in [2.24, 2.45) is 0 Å². The van der Waals surface area contributed by atoms with Crippen molar-refractivity contribution >= 4 is 11.6 Å². The second-order valence-electron chi connectivity index (χ2n) is 4.73. The largest absolute Gasteiger partial charge is 0.497 e. The Labute approximate surface area is 128 Å². The highest BCUT2D eigenvalue weighted by Crippen LogP contribution is 2.21. The highest BCUT2D eigenvalue weighted by Gasteiger charge is 2.08. The van der Waals surface area contributed by atoms with Gasteiger partial charge >= 0.3 is 0 Å². The number of imidazole rings is 1. The van der Waals surface area contributed by atoms with Gasteiger partial charge in [0.25, 0.3) is 5.91 Å². The molecule has 0 fully saturated rings. The summed E-state index contributed by atoms with van der Waals surface area (Å²) < 4.78 is 5.13. The van der Waals surface area contributed by atoms with Gasteiger partial charge in [-0.1, -0.05) is 18.2 Å². The molecule has 0 spiro atoms. The highest BCUT2D eigenvalue weighted by atomic mass is 16.5. The summed E-state index contributed by atoms with van der Waals surface area (Å²) in [4.78, 5) is 19.3. The van der Waals surface area contributed by atoms with E-state index >= 15 is 0 Å². The topological polar surface area (TPSA) is 67.0 Å². The van der Waals surface area contributed by atoms with Gasteiger partial charge < -0.3 is 15.0 Å². The van der Waals surface area contributed by atoms with Gasteiger partial charge in [0, 0.05) is 16.8 Å². The van der Waals surface area contributed by atoms with Gasteiger partial charge in [-0.2, -0.15) is 0 Å². The molecule has 1 heterocycles. The number of carbonyl (C=O) groups excluding carboxylic acids is 1. The Morgan fingerprint density at radius 2 is 2.05 bits per heavy atom. The molecule has 0 radical (unpaired) electrons. The Kier molecular flexibility index (Phi) is 3.87. The van der Waals surface area contributed by atoms with Crippen LogP contribution in [0.2, 0.25) is 0 Å². The fourth-order valence-corrected chi connectivity index (χ4v) is 2.15. The van der Waals surface area contributed by atoms with Gasteiger partial charge in [-0.15, -0.1) is 0 Å². The summed E-state index contributed by atoms with van der Waals surface area (Å²) in [5, 5.41) is 2.88. The molecule has 0 aliphatic carbocycles. The third-order valence-electron chi connectivity index (χ3n) is 3.26. The molecule has 0 atom stereocenters. The maximum Gasteiger partial charge on any atom is 0.255 e. The first-order chi connectivity index (χ1) is 10.8. The molecular weight excluding hydrogens is 278 g/mol. The highest BCUT2D eigenvalue weighted by molar-refractivity contribution is 6.04. The molecule has 5 heteroatoms. The van der Waals surface area contributed by atoms with Crippen molar-refractivity contribution in [2.45, 2.75) is 0 Å². The number of aromatic nitrogens is 2. The fraction of sp³-hybridized carbons (Fsp3) is 0.0588. The maximum absolute atomic E-state index is 12.3. The summed E-state index contributed by atoms with van der Waals surface area (Å²) >= 11 is 0. The first kappa shape index (κ1) is 13.9. The minimum absolute atomic E-state index is 0.180. The molecule has 22 heavy (non-hydrogen) atoms.